The number of ether oxygens (including phenoxy) is 1. The van der Waals surface area contributed by atoms with E-state index in [-0.39, 0.29) is 23.0 Å². The Labute approximate surface area is 180 Å². The second-order valence-corrected chi connectivity index (χ2v) is 8.64. The van der Waals surface area contributed by atoms with Gasteiger partial charge >= 0.3 is 0 Å². The monoisotopic (exact) mass is 426 g/mol. The number of rotatable bonds is 3. The molecule has 0 aromatic heterocycles. The average Bonchev–Trinajstić information content (AvgIpc) is 2.98. The van der Waals surface area contributed by atoms with E-state index in [0.717, 1.165) is 40.7 Å². The Hall–Kier alpha value is -2.30. The van der Waals surface area contributed by atoms with Crippen molar-refractivity contribution in [3.8, 4) is 11.1 Å². The van der Waals surface area contributed by atoms with E-state index in [1.165, 1.54) is 6.07 Å². The van der Waals surface area contributed by atoms with E-state index in [2.05, 4.69) is 0 Å². The van der Waals surface area contributed by atoms with E-state index in [0.29, 0.717) is 24.7 Å². The summed E-state index contributed by atoms with van der Waals surface area (Å²) in [5.41, 5.74) is 4.87. The Kier molecular flexibility index (Phi) is 5.90. The number of hydrogen-bond acceptors (Lipinski definition) is 3. The highest BCUT2D eigenvalue weighted by atomic mass is 35.5. The number of aryl methyl sites for hydroxylation is 2. The lowest BCUT2D eigenvalue weighted by atomic mass is 9.85. The zero-order valence-electron chi connectivity index (χ0n) is 17.1. The van der Waals surface area contributed by atoms with Gasteiger partial charge in [0.15, 0.2) is 11.6 Å². The van der Waals surface area contributed by atoms with Crippen LogP contribution in [-0.2, 0) is 14.3 Å². The first-order chi connectivity index (χ1) is 14.3. The van der Waals surface area contributed by atoms with Crippen LogP contribution in [0.15, 0.2) is 42.0 Å². The Balaban J connectivity index is 1.66. The van der Waals surface area contributed by atoms with E-state index in [4.69, 9.17) is 16.3 Å². The van der Waals surface area contributed by atoms with Crippen LogP contribution < -0.4 is 0 Å². The second-order valence-electron chi connectivity index (χ2n) is 8.23. The van der Waals surface area contributed by atoms with Crippen molar-refractivity contribution in [2.75, 3.05) is 13.2 Å². The zero-order valence-corrected chi connectivity index (χ0v) is 17.9. The molecule has 0 radical (unpaired) electrons. The molecule has 4 rings (SSSR count). The van der Waals surface area contributed by atoms with Gasteiger partial charge in [0.1, 0.15) is 11.7 Å². The van der Waals surface area contributed by atoms with Crippen LogP contribution >= 0.6 is 11.6 Å². The van der Waals surface area contributed by atoms with Crippen LogP contribution in [0.4, 0.5) is 4.39 Å². The molecule has 30 heavy (non-hydrogen) atoms. The molecule has 1 aliphatic heterocycles. The van der Waals surface area contributed by atoms with Crippen molar-refractivity contribution in [1.29, 1.82) is 0 Å². The van der Waals surface area contributed by atoms with Crippen molar-refractivity contribution in [2.24, 2.45) is 5.92 Å². The molecule has 1 atom stereocenters. The van der Waals surface area contributed by atoms with Gasteiger partial charge in [-0.15, -0.1) is 0 Å². The summed E-state index contributed by atoms with van der Waals surface area (Å²) >= 11 is 5.93. The predicted molar refractivity (Wildman–Crippen MR) is 115 cm³/mol. The highest BCUT2D eigenvalue weighted by Gasteiger charge is 2.40. The van der Waals surface area contributed by atoms with Crippen LogP contribution in [0.1, 0.15) is 41.9 Å². The number of benzene rings is 2. The molecule has 2 fully saturated rings. The molecule has 1 aliphatic carbocycles. The largest absolute Gasteiger partial charge is 0.381 e. The third-order valence-electron chi connectivity index (χ3n) is 6.10. The summed E-state index contributed by atoms with van der Waals surface area (Å²) in [6, 6.07) is 8.48. The lowest BCUT2D eigenvalue weighted by Crippen LogP contribution is -2.17. The van der Waals surface area contributed by atoms with Crippen LogP contribution in [0.25, 0.3) is 11.1 Å². The predicted octanol–water partition coefficient (Wildman–Crippen LogP) is 5.74. The molecular formula is C25H24ClFO3. The Morgan fingerprint density at radius 3 is 2.33 bits per heavy atom. The van der Waals surface area contributed by atoms with E-state index < -0.39 is 11.7 Å². The Bertz CT molecular complexity index is 1030. The molecule has 1 heterocycles. The third kappa shape index (κ3) is 3.99. The number of allylic oxidation sites excluding steroid dienone is 2. The molecule has 0 amide bonds. The van der Waals surface area contributed by atoms with Crippen LogP contribution in [0.3, 0.4) is 0 Å². The molecule has 5 heteroatoms. The van der Waals surface area contributed by atoms with E-state index >= 15 is 0 Å². The fourth-order valence-electron chi connectivity index (χ4n) is 4.58. The van der Waals surface area contributed by atoms with Gasteiger partial charge in [0, 0.05) is 19.6 Å². The van der Waals surface area contributed by atoms with Gasteiger partial charge in [-0.2, -0.15) is 0 Å². The minimum absolute atomic E-state index is 0.0397. The summed E-state index contributed by atoms with van der Waals surface area (Å²) in [4.78, 5) is 26.0. The average molecular weight is 427 g/mol. The van der Waals surface area contributed by atoms with Gasteiger partial charge in [-0.25, -0.2) is 4.39 Å². The van der Waals surface area contributed by atoms with Gasteiger partial charge in [-0.1, -0.05) is 35.9 Å². The molecule has 2 aromatic carbocycles. The first-order valence-corrected chi connectivity index (χ1v) is 10.6. The Morgan fingerprint density at radius 1 is 1.03 bits per heavy atom. The number of carbonyl (C=O) groups excluding carboxylic acids is 2. The van der Waals surface area contributed by atoms with Gasteiger partial charge in [0.25, 0.3) is 0 Å². The molecule has 1 unspecified atom stereocenters. The molecule has 2 aromatic rings. The lowest BCUT2D eigenvalue weighted by molar-refractivity contribution is -0.123. The molecule has 1 saturated carbocycles. The first-order valence-electron chi connectivity index (χ1n) is 10.3. The number of Topliss-reactive ketones (excluding diaryl/α,β-unsaturated/α-hetero) is 2. The maximum atomic E-state index is 13.5. The summed E-state index contributed by atoms with van der Waals surface area (Å²) in [5, 5.41) is 0.0657. The van der Waals surface area contributed by atoms with Gasteiger partial charge < -0.3 is 4.74 Å². The topological polar surface area (TPSA) is 43.4 Å². The van der Waals surface area contributed by atoms with E-state index in [1.807, 2.05) is 32.1 Å². The zero-order chi connectivity index (χ0) is 21.4. The lowest BCUT2D eigenvalue weighted by Gasteiger charge is -2.19. The standard InChI is InChI=1S/C25H24ClFO3/c1-14-9-18(17-3-4-21(27)20(26)12-17)10-15(2)23(14)24-22(28)13-19(25(24)29)11-16-5-7-30-8-6-16/h3-4,9-12,16,24H,5-8,13H2,1-2H3/b19-11+. The number of hydrogen-bond donors (Lipinski definition) is 0. The molecular weight excluding hydrogens is 403 g/mol. The normalized spacial score (nSPS) is 21.6. The van der Waals surface area contributed by atoms with Gasteiger partial charge in [-0.3, -0.25) is 9.59 Å². The smallest absolute Gasteiger partial charge is 0.173 e. The van der Waals surface area contributed by atoms with Crippen LogP contribution in [0, 0.1) is 25.6 Å². The van der Waals surface area contributed by atoms with Crippen molar-refractivity contribution in [3.05, 3.63) is 69.5 Å². The molecule has 156 valence electrons. The molecule has 0 spiro atoms. The summed E-state index contributed by atoms with van der Waals surface area (Å²) in [6.45, 7) is 5.23. The van der Waals surface area contributed by atoms with Crippen molar-refractivity contribution < 1.29 is 18.7 Å². The van der Waals surface area contributed by atoms with E-state index in [1.54, 1.807) is 12.1 Å². The summed E-state index contributed by atoms with van der Waals surface area (Å²) < 4.78 is 18.9. The fourth-order valence-corrected chi connectivity index (χ4v) is 4.76. The van der Waals surface area contributed by atoms with Gasteiger partial charge in [-0.05, 0) is 78.1 Å². The quantitative estimate of drug-likeness (QED) is 0.464. The van der Waals surface area contributed by atoms with Crippen molar-refractivity contribution in [1.82, 2.24) is 0 Å². The summed E-state index contributed by atoms with van der Waals surface area (Å²) in [6.07, 6.45) is 3.99. The van der Waals surface area contributed by atoms with E-state index in [9.17, 15) is 14.0 Å². The maximum Gasteiger partial charge on any atom is 0.173 e. The van der Waals surface area contributed by atoms with Crippen LogP contribution in [0.5, 0.6) is 0 Å². The van der Waals surface area contributed by atoms with Gasteiger partial charge in [0.2, 0.25) is 0 Å². The van der Waals surface area contributed by atoms with Crippen molar-refractivity contribution in [3.63, 3.8) is 0 Å². The minimum Gasteiger partial charge on any atom is -0.381 e. The van der Waals surface area contributed by atoms with Crippen molar-refractivity contribution in [2.45, 2.75) is 39.0 Å². The molecule has 2 aliphatic rings. The van der Waals surface area contributed by atoms with Crippen LogP contribution in [-0.4, -0.2) is 24.8 Å². The summed E-state index contributed by atoms with van der Waals surface area (Å²) in [7, 11) is 0. The second kappa shape index (κ2) is 8.44. The minimum atomic E-state index is -0.734. The Morgan fingerprint density at radius 2 is 1.70 bits per heavy atom. The fraction of sp³-hybridized carbons (Fsp3) is 0.360. The number of halogens is 2. The maximum absolute atomic E-state index is 13.5. The van der Waals surface area contributed by atoms with Crippen LogP contribution in [0.2, 0.25) is 5.02 Å². The number of carbonyl (C=O) groups is 2. The SMILES string of the molecule is Cc1cc(-c2ccc(F)c(Cl)c2)cc(C)c1C1C(=O)C/C(=C\C2CCOCC2)C1=O. The highest BCUT2D eigenvalue weighted by Crippen LogP contribution is 2.38. The van der Waals surface area contributed by atoms with Crippen molar-refractivity contribution >= 4 is 23.2 Å². The molecule has 0 bridgehead atoms. The summed E-state index contributed by atoms with van der Waals surface area (Å²) in [5.74, 6) is -1.01. The number of ketones is 2. The molecule has 1 saturated heterocycles. The van der Waals surface area contributed by atoms with Gasteiger partial charge in [0.05, 0.1) is 5.02 Å². The third-order valence-corrected chi connectivity index (χ3v) is 6.39. The molecule has 0 N–H and O–H groups in total. The molecule has 3 nitrogen and oxygen atoms in total. The highest BCUT2D eigenvalue weighted by molar-refractivity contribution is 6.31. The first kappa shape index (κ1) is 21.0.